The number of hydrogen-bond donors (Lipinski definition) is 2. The van der Waals surface area contributed by atoms with Gasteiger partial charge in [-0.3, -0.25) is 4.98 Å². The topological polar surface area (TPSA) is 73.3 Å². The van der Waals surface area contributed by atoms with Crippen molar-refractivity contribution >= 4 is 28.2 Å². The number of anilines is 3. The van der Waals surface area contributed by atoms with Gasteiger partial charge in [-0.1, -0.05) is 0 Å². The number of hydrogen-bond acceptors (Lipinski definition) is 5. The van der Waals surface area contributed by atoms with Crippen LogP contribution in [0.25, 0.3) is 11.0 Å². The van der Waals surface area contributed by atoms with Gasteiger partial charge in [0.2, 0.25) is 5.88 Å². The third kappa shape index (κ3) is 2.14. The van der Waals surface area contributed by atoms with Crippen LogP contribution in [-0.2, 0) is 0 Å². The summed E-state index contributed by atoms with van der Waals surface area (Å²) in [4.78, 5) is 4.02. The lowest BCUT2D eigenvalue weighted by molar-refractivity contribution is 0.414. The summed E-state index contributed by atoms with van der Waals surface area (Å²) in [5.41, 5.74) is 9.32. The Hall–Kier alpha value is -2.69. The number of aryl methyl sites for hydroxylation is 1. The number of rotatable bonds is 3. The number of nitrogens with two attached hydrogens (primary N) is 1. The van der Waals surface area contributed by atoms with E-state index in [1.165, 1.54) is 0 Å². The molecule has 3 N–H and O–H groups in total. The van der Waals surface area contributed by atoms with Crippen molar-refractivity contribution in [1.29, 1.82) is 0 Å². The van der Waals surface area contributed by atoms with Gasteiger partial charge in [-0.2, -0.15) is 0 Å². The second-order valence-electron chi connectivity index (χ2n) is 4.58. The number of benzene rings is 1. The van der Waals surface area contributed by atoms with E-state index < -0.39 is 0 Å². The molecule has 0 amide bonds. The molecule has 2 aromatic heterocycles. The molecule has 0 unspecified atom stereocenters. The Balaban J connectivity index is 2.05. The minimum Gasteiger partial charge on any atom is -0.497 e. The second kappa shape index (κ2) is 4.77. The highest BCUT2D eigenvalue weighted by atomic mass is 16.5. The molecule has 0 radical (unpaired) electrons. The Morgan fingerprint density at radius 2 is 2.15 bits per heavy atom. The van der Waals surface area contributed by atoms with E-state index in [4.69, 9.17) is 14.9 Å². The molecule has 3 rings (SSSR count). The summed E-state index contributed by atoms with van der Waals surface area (Å²) in [5.74, 6) is 1.13. The van der Waals surface area contributed by atoms with Crippen LogP contribution in [0.4, 0.5) is 17.3 Å². The molecule has 5 heteroatoms. The van der Waals surface area contributed by atoms with Crippen LogP contribution in [0.15, 0.2) is 41.1 Å². The minimum absolute atomic E-state index is 0.341. The molecule has 0 aliphatic rings. The molecule has 0 bridgehead atoms. The van der Waals surface area contributed by atoms with E-state index in [0.29, 0.717) is 11.5 Å². The Bertz CT molecular complexity index is 765. The van der Waals surface area contributed by atoms with Gasteiger partial charge in [0.1, 0.15) is 11.4 Å². The van der Waals surface area contributed by atoms with Crippen molar-refractivity contribution in [3.05, 3.63) is 42.2 Å². The van der Waals surface area contributed by atoms with Crippen LogP contribution in [0.1, 0.15) is 5.56 Å². The Morgan fingerprint density at radius 1 is 1.30 bits per heavy atom. The number of nitrogens with one attached hydrogen (secondary N) is 1. The quantitative estimate of drug-likeness (QED) is 0.761. The summed E-state index contributed by atoms with van der Waals surface area (Å²) in [6.45, 7) is 2.01. The number of furan rings is 1. The van der Waals surface area contributed by atoms with Crippen LogP contribution in [0.2, 0.25) is 0 Å². The predicted octanol–water partition coefficient (Wildman–Crippen LogP) is 3.47. The zero-order valence-corrected chi connectivity index (χ0v) is 11.3. The van der Waals surface area contributed by atoms with Crippen molar-refractivity contribution in [2.45, 2.75) is 6.92 Å². The molecule has 2 heterocycles. The van der Waals surface area contributed by atoms with E-state index >= 15 is 0 Å². The van der Waals surface area contributed by atoms with E-state index in [-0.39, 0.29) is 0 Å². The van der Waals surface area contributed by atoms with Gasteiger partial charge in [0, 0.05) is 23.3 Å². The molecular formula is C15H15N3O2. The van der Waals surface area contributed by atoms with Crippen molar-refractivity contribution in [2.24, 2.45) is 0 Å². The van der Waals surface area contributed by atoms with Gasteiger partial charge in [0.05, 0.1) is 13.3 Å². The summed E-state index contributed by atoms with van der Waals surface area (Å²) >= 11 is 0. The van der Waals surface area contributed by atoms with E-state index in [2.05, 4.69) is 10.3 Å². The molecular weight excluding hydrogens is 254 g/mol. The van der Waals surface area contributed by atoms with Gasteiger partial charge in [-0.15, -0.1) is 0 Å². The van der Waals surface area contributed by atoms with E-state index in [1.807, 2.05) is 31.2 Å². The number of methoxy groups -OCH3 is 1. The summed E-state index contributed by atoms with van der Waals surface area (Å²) in [6, 6.07) is 7.75. The SMILES string of the molecule is COc1cc(C)cc(Nc2c(N)oc3cnccc23)c1. The van der Waals surface area contributed by atoms with Crippen LogP contribution in [-0.4, -0.2) is 12.1 Å². The lowest BCUT2D eigenvalue weighted by Crippen LogP contribution is -1.95. The zero-order chi connectivity index (χ0) is 14.1. The second-order valence-corrected chi connectivity index (χ2v) is 4.58. The zero-order valence-electron chi connectivity index (χ0n) is 11.3. The molecule has 102 valence electrons. The summed E-state index contributed by atoms with van der Waals surface area (Å²) < 4.78 is 10.7. The molecule has 0 atom stereocenters. The predicted molar refractivity (Wildman–Crippen MR) is 79.4 cm³/mol. The molecule has 3 aromatic rings. The van der Waals surface area contributed by atoms with Gasteiger partial charge >= 0.3 is 0 Å². The molecule has 0 spiro atoms. The van der Waals surface area contributed by atoms with E-state index in [1.54, 1.807) is 19.5 Å². The first-order chi connectivity index (χ1) is 9.67. The maximum absolute atomic E-state index is 5.92. The van der Waals surface area contributed by atoms with Crippen molar-refractivity contribution in [3.8, 4) is 5.75 Å². The Kier molecular flexibility index (Phi) is 2.95. The number of fused-ring (bicyclic) bond motifs is 1. The lowest BCUT2D eigenvalue weighted by atomic mass is 10.2. The van der Waals surface area contributed by atoms with Gasteiger partial charge < -0.3 is 20.2 Å². The summed E-state index contributed by atoms with van der Waals surface area (Å²) in [6.07, 6.45) is 3.35. The molecule has 0 saturated heterocycles. The van der Waals surface area contributed by atoms with Crippen LogP contribution in [0.5, 0.6) is 5.75 Å². The normalized spacial score (nSPS) is 10.7. The van der Waals surface area contributed by atoms with E-state index in [9.17, 15) is 0 Å². The van der Waals surface area contributed by atoms with Crippen molar-refractivity contribution in [3.63, 3.8) is 0 Å². The highest BCUT2D eigenvalue weighted by Crippen LogP contribution is 2.35. The van der Waals surface area contributed by atoms with Crippen molar-refractivity contribution < 1.29 is 9.15 Å². The van der Waals surface area contributed by atoms with E-state index in [0.717, 1.165) is 28.1 Å². The van der Waals surface area contributed by atoms with Gasteiger partial charge in [0.15, 0.2) is 5.58 Å². The average molecular weight is 269 g/mol. The average Bonchev–Trinajstić information content (AvgIpc) is 2.75. The molecule has 0 aliphatic carbocycles. The third-order valence-corrected chi connectivity index (χ3v) is 3.08. The van der Waals surface area contributed by atoms with Crippen LogP contribution in [0.3, 0.4) is 0 Å². The molecule has 0 aliphatic heterocycles. The molecule has 5 nitrogen and oxygen atoms in total. The third-order valence-electron chi connectivity index (χ3n) is 3.08. The van der Waals surface area contributed by atoms with Crippen LogP contribution >= 0.6 is 0 Å². The minimum atomic E-state index is 0.341. The number of ether oxygens (including phenoxy) is 1. The monoisotopic (exact) mass is 269 g/mol. The lowest BCUT2D eigenvalue weighted by Gasteiger charge is -2.09. The molecule has 0 fully saturated rings. The number of nitrogens with zero attached hydrogens (tertiary/aromatic N) is 1. The largest absolute Gasteiger partial charge is 0.497 e. The number of aromatic nitrogens is 1. The van der Waals surface area contributed by atoms with Crippen LogP contribution < -0.4 is 15.8 Å². The maximum atomic E-state index is 5.92. The van der Waals surface area contributed by atoms with Gasteiger partial charge in [0.25, 0.3) is 0 Å². The highest BCUT2D eigenvalue weighted by Gasteiger charge is 2.12. The maximum Gasteiger partial charge on any atom is 0.215 e. The van der Waals surface area contributed by atoms with Crippen molar-refractivity contribution in [1.82, 2.24) is 4.98 Å². The first kappa shape index (κ1) is 12.3. The molecule has 20 heavy (non-hydrogen) atoms. The molecule has 0 saturated carbocycles. The number of nitrogen functional groups attached to an aromatic ring is 1. The van der Waals surface area contributed by atoms with Gasteiger partial charge in [-0.05, 0) is 30.7 Å². The number of pyridine rings is 1. The summed E-state index contributed by atoms with van der Waals surface area (Å²) in [5, 5.41) is 4.19. The van der Waals surface area contributed by atoms with Crippen LogP contribution in [0, 0.1) is 6.92 Å². The van der Waals surface area contributed by atoms with Gasteiger partial charge in [-0.25, -0.2) is 0 Å². The Labute approximate surface area is 116 Å². The smallest absolute Gasteiger partial charge is 0.215 e. The highest BCUT2D eigenvalue weighted by molar-refractivity contribution is 5.97. The first-order valence-electron chi connectivity index (χ1n) is 6.22. The Morgan fingerprint density at radius 3 is 2.95 bits per heavy atom. The fraction of sp³-hybridized carbons (Fsp3) is 0.133. The summed E-state index contributed by atoms with van der Waals surface area (Å²) in [7, 11) is 1.64. The fourth-order valence-corrected chi connectivity index (χ4v) is 2.18. The first-order valence-corrected chi connectivity index (χ1v) is 6.22. The van der Waals surface area contributed by atoms with Crippen molar-refractivity contribution in [2.75, 3.05) is 18.2 Å². The fourth-order valence-electron chi connectivity index (χ4n) is 2.18. The standard InChI is InChI=1S/C15H15N3O2/c1-9-5-10(7-11(6-9)19-2)18-14-12-3-4-17-8-13(12)20-15(14)16/h3-8,18H,16H2,1-2H3. The molecule has 1 aromatic carbocycles.